The van der Waals surface area contributed by atoms with Crippen molar-refractivity contribution in [1.29, 1.82) is 0 Å². The summed E-state index contributed by atoms with van der Waals surface area (Å²) in [5, 5.41) is 2.91. The van der Waals surface area contributed by atoms with E-state index in [1.807, 2.05) is 0 Å². The molecule has 56 valence electrons. The average Bonchev–Trinajstić information content (AvgIpc) is 2.04. The van der Waals surface area contributed by atoms with Crippen LogP contribution >= 0.6 is 0 Å². The number of hydrogen-bond acceptors (Lipinski definition) is 0. The molecule has 1 rings (SSSR count). The van der Waals surface area contributed by atoms with Gasteiger partial charge in [-0.05, 0) is 0 Å². The molecule has 0 spiro atoms. The van der Waals surface area contributed by atoms with Crippen molar-refractivity contribution in [2.75, 3.05) is 0 Å². The fourth-order valence-corrected chi connectivity index (χ4v) is 5.60. The molecule has 0 amide bonds. The van der Waals surface area contributed by atoms with Crippen molar-refractivity contribution in [3.05, 3.63) is 0 Å². The molecule has 0 aromatic rings. The monoisotopic (exact) mass is 334 g/mol. The Balaban J connectivity index is 2.49. The predicted octanol–water partition coefficient (Wildman–Crippen LogP) is 0.105. The van der Waals surface area contributed by atoms with Crippen LogP contribution in [0.3, 0.4) is 0 Å². The normalized spacial score (nSPS) is 33.2. The van der Waals surface area contributed by atoms with Crippen molar-refractivity contribution in [2.24, 2.45) is 11.8 Å². The number of hydrogen-bond donors (Lipinski definition) is 0. The molecule has 0 bridgehead atoms. The van der Waals surface area contributed by atoms with Gasteiger partial charge in [0, 0.05) is 0 Å². The van der Waals surface area contributed by atoms with Crippen LogP contribution in [0.25, 0.3) is 0 Å². The summed E-state index contributed by atoms with van der Waals surface area (Å²) in [6.07, 6.45) is 1.40. The Morgan fingerprint density at radius 2 is 1.90 bits per heavy atom. The Bertz CT molecular complexity index is 117. The molecule has 3 heteroatoms. The van der Waals surface area contributed by atoms with Crippen LogP contribution in [0.15, 0.2) is 0 Å². The summed E-state index contributed by atoms with van der Waals surface area (Å²) in [4.78, 5) is 4.49. The van der Waals surface area contributed by atoms with E-state index in [9.17, 15) is 0 Å². The van der Waals surface area contributed by atoms with E-state index in [0.29, 0.717) is 0 Å². The van der Waals surface area contributed by atoms with E-state index in [1.54, 1.807) is 0 Å². The van der Waals surface area contributed by atoms with Crippen molar-refractivity contribution in [1.82, 2.24) is 0 Å². The second-order valence-electron chi connectivity index (χ2n) is 2.46. The summed E-state index contributed by atoms with van der Waals surface area (Å²) < 4.78 is 0. The Kier molecular flexibility index (Phi) is 4.73. The summed E-state index contributed by atoms with van der Waals surface area (Å²) in [5.74, 6) is 1.65. The average molecular weight is 331 g/mol. The molecule has 1 aliphatic rings. The van der Waals surface area contributed by atoms with Crippen LogP contribution in [0.1, 0.15) is 6.42 Å². The third-order valence-electron chi connectivity index (χ3n) is 1.81. The van der Waals surface area contributed by atoms with Crippen molar-refractivity contribution < 1.29 is 0 Å². The van der Waals surface area contributed by atoms with Crippen LogP contribution in [0, 0.1) is 11.8 Å². The van der Waals surface area contributed by atoms with Crippen molar-refractivity contribution in [3.8, 4) is 0 Å². The van der Waals surface area contributed by atoms with Gasteiger partial charge in [-0.3, -0.25) is 0 Å². The van der Waals surface area contributed by atoms with Gasteiger partial charge in [-0.1, -0.05) is 0 Å². The zero-order chi connectivity index (χ0) is 7.40. The van der Waals surface area contributed by atoms with E-state index in [2.05, 4.69) is 41.0 Å². The molecule has 0 radical (unpaired) electrons. The summed E-state index contributed by atoms with van der Waals surface area (Å²) in [7, 11) is 0. The van der Waals surface area contributed by atoms with Crippen LogP contribution in [0.2, 0.25) is 10.6 Å². The second-order valence-corrected chi connectivity index (χ2v) is 6.02. The van der Waals surface area contributed by atoms with E-state index in [-0.39, 0.29) is 0 Å². The van der Waals surface area contributed by atoms with Gasteiger partial charge >= 0.3 is 84.8 Å². The van der Waals surface area contributed by atoms with E-state index in [0.717, 1.165) is 26.8 Å². The van der Waals surface area contributed by atoms with Gasteiger partial charge in [-0.25, -0.2) is 0 Å². The van der Waals surface area contributed by atoms with E-state index >= 15 is 0 Å². The molecule has 1 aliphatic heterocycles. The van der Waals surface area contributed by atoms with Gasteiger partial charge in [-0.2, -0.15) is 0 Å². The van der Waals surface area contributed by atoms with Gasteiger partial charge in [0.2, 0.25) is 0 Å². The molecular formula is C7H10Se3. The molecule has 1 saturated heterocycles. The van der Waals surface area contributed by atoms with Gasteiger partial charge < -0.3 is 0 Å². The Morgan fingerprint density at radius 3 is 2.40 bits per heavy atom. The Labute approximate surface area is 84.4 Å². The third kappa shape index (κ3) is 2.41. The molecule has 1 heterocycles. The molecule has 0 N–H and O–H groups in total. The van der Waals surface area contributed by atoms with Crippen molar-refractivity contribution in [3.63, 3.8) is 0 Å². The first kappa shape index (κ1) is 9.39. The topological polar surface area (TPSA) is 0 Å². The van der Waals surface area contributed by atoms with E-state index in [4.69, 9.17) is 0 Å². The van der Waals surface area contributed by atoms with Crippen LogP contribution in [-0.2, 0) is 0 Å². The SMILES string of the molecule is [Se]=CC1CC[Se]CC1C=[Se]. The molecule has 0 aromatic carbocycles. The minimum atomic E-state index is 0.817. The van der Waals surface area contributed by atoms with Gasteiger partial charge in [-0.15, -0.1) is 0 Å². The predicted molar refractivity (Wildman–Crippen MR) is 50.6 cm³/mol. The zero-order valence-corrected chi connectivity index (χ0v) is 10.8. The van der Waals surface area contributed by atoms with E-state index in [1.165, 1.54) is 17.1 Å². The molecule has 1 fully saturated rings. The molecule has 0 nitrogen and oxygen atoms in total. The third-order valence-corrected chi connectivity index (χ3v) is 5.67. The summed E-state index contributed by atoms with van der Waals surface area (Å²) >= 11 is 6.97. The summed E-state index contributed by atoms with van der Waals surface area (Å²) in [6.45, 7) is 0. The zero-order valence-electron chi connectivity index (χ0n) is 5.66. The van der Waals surface area contributed by atoms with Gasteiger partial charge in [0.25, 0.3) is 0 Å². The molecule has 0 saturated carbocycles. The standard InChI is InChI=1S/C7H10Se3/c8-3-6-1-2-10-5-7(6)4-9/h3-4,6-7H,1-2,5H2. The van der Waals surface area contributed by atoms with E-state index < -0.39 is 0 Å². The summed E-state index contributed by atoms with van der Waals surface area (Å²) in [5.41, 5.74) is 0. The molecule has 0 aromatic heterocycles. The molecule has 10 heavy (non-hydrogen) atoms. The van der Waals surface area contributed by atoms with Gasteiger partial charge in [0.15, 0.2) is 0 Å². The fourth-order valence-electron chi connectivity index (χ4n) is 1.09. The first-order chi connectivity index (χ1) is 4.88. The molecule has 2 atom stereocenters. The second kappa shape index (κ2) is 5.03. The molecule has 0 aliphatic carbocycles. The molecule has 2 unspecified atom stereocenters. The number of rotatable bonds is 2. The van der Waals surface area contributed by atoms with Crippen molar-refractivity contribution in [2.45, 2.75) is 17.1 Å². The van der Waals surface area contributed by atoms with Crippen LogP contribution in [0.4, 0.5) is 0 Å². The maximum absolute atomic E-state index is 3.03. The van der Waals surface area contributed by atoms with Gasteiger partial charge in [0.1, 0.15) is 0 Å². The van der Waals surface area contributed by atoms with Crippen LogP contribution < -0.4 is 0 Å². The van der Waals surface area contributed by atoms with Crippen LogP contribution in [-0.4, -0.2) is 55.9 Å². The first-order valence-corrected chi connectivity index (χ1v) is 7.77. The molecular weight excluding hydrogens is 321 g/mol. The minimum absolute atomic E-state index is 0.817. The summed E-state index contributed by atoms with van der Waals surface area (Å²) in [6, 6.07) is 0. The maximum atomic E-state index is 3.03. The Morgan fingerprint density at radius 1 is 1.20 bits per heavy atom. The van der Waals surface area contributed by atoms with Crippen molar-refractivity contribution >= 4 is 55.9 Å². The quantitative estimate of drug-likeness (QED) is 0.630. The Hall–Kier alpha value is 1.30. The van der Waals surface area contributed by atoms with Crippen LogP contribution in [0.5, 0.6) is 0 Å². The fraction of sp³-hybridized carbons (Fsp3) is 0.714. The first-order valence-electron chi connectivity index (χ1n) is 3.37. The van der Waals surface area contributed by atoms with Gasteiger partial charge in [0.05, 0.1) is 0 Å².